The van der Waals surface area contributed by atoms with Gasteiger partial charge in [0.25, 0.3) is 0 Å². The Kier molecular flexibility index (Phi) is 5.11. The van der Waals surface area contributed by atoms with Crippen molar-refractivity contribution in [2.75, 3.05) is 5.84 Å². The Morgan fingerprint density at radius 3 is 1.82 bits per heavy atom. The molecule has 0 aromatic carbocycles. The van der Waals surface area contributed by atoms with E-state index in [0.29, 0.717) is 0 Å². The molecule has 1 aromatic rings. The quantitative estimate of drug-likeness (QED) is 0.394. The summed E-state index contributed by atoms with van der Waals surface area (Å²) in [6, 6.07) is 1.10. The van der Waals surface area contributed by atoms with Gasteiger partial charge in [-0.25, -0.2) is 0 Å². The first-order chi connectivity index (χ1) is 10.1. The molecule has 0 bridgehead atoms. The number of hydrogen-bond donors (Lipinski definition) is 5. The second kappa shape index (κ2) is 6.61. The van der Waals surface area contributed by atoms with Crippen molar-refractivity contribution in [1.82, 2.24) is 4.68 Å². The van der Waals surface area contributed by atoms with Gasteiger partial charge in [-0.1, -0.05) is 0 Å². The van der Waals surface area contributed by atoms with Gasteiger partial charge in [-0.3, -0.25) is 23.9 Å². The van der Waals surface area contributed by atoms with Crippen molar-refractivity contribution in [3.05, 3.63) is 23.5 Å². The molecule has 0 aliphatic carbocycles. The first-order valence-corrected chi connectivity index (χ1v) is 6.00. The molecule has 0 radical (unpaired) electrons. The Morgan fingerprint density at radius 2 is 1.41 bits per heavy atom. The van der Waals surface area contributed by atoms with Crippen molar-refractivity contribution in [2.45, 2.75) is 24.7 Å². The van der Waals surface area contributed by atoms with Crippen LogP contribution in [0.25, 0.3) is 0 Å². The molecule has 0 saturated heterocycles. The molecule has 1 rings (SSSR count). The molecule has 0 spiro atoms. The molecule has 10 heteroatoms. The summed E-state index contributed by atoms with van der Waals surface area (Å²) in [6.45, 7) is 0. The van der Waals surface area contributed by atoms with E-state index >= 15 is 0 Å². The molecule has 120 valence electrons. The van der Waals surface area contributed by atoms with Crippen LogP contribution < -0.4 is 5.84 Å². The van der Waals surface area contributed by atoms with Crippen LogP contribution in [0.3, 0.4) is 0 Å². The maximum atomic E-state index is 11.1. The van der Waals surface area contributed by atoms with E-state index in [1.165, 1.54) is 0 Å². The molecular weight excluding hydrogens is 300 g/mol. The molecular formula is C12H14N2O8. The molecule has 22 heavy (non-hydrogen) atoms. The van der Waals surface area contributed by atoms with Crippen molar-refractivity contribution in [3.8, 4) is 0 Å². The average Bonchev–Trinajstić information content (AvgIpc) is 2.73. The Morgan fingerprint density at radius 1 is 0.955 bits per heavy atom. The predicted molar refractivity (Wildman–Crippen MR) is 69.8 cm³/mol. The normalized spacial score (nSPS) is 13.3. The van der Waals surface area contributed by atoms with Gasteiger partial charge < -0.3 is 26.3 Å². The minimum Gasteiger partial charge on any atom is -0.481 e. The molecule has 1 aromatic heterocycles. The van der Waals surface area contributed by atoms with Gasteiger partial charge in [0.05, 0.1) is 24.5 Å². The molecule has 0 saturated carbocycles. The molecule has 1 heterocycles. The van der Waals surface area contributed by atoms with Crippen molar-refractivity contribution >= 4 is 23.9 Å². The molecule has 2 unspecified atom stereocenters. The van der Waals surface area contributed by atoms with Crippen molar-refractivity contribution < 1.29 is 39.6 Å². The molecule has 2 atom stereocenters. The van der Waals surface area contributed by atoms with Crippen LogP contribution in [0.1, 0.15) is 35.9 Å². The van der Waals surface area contributed by atoms with Crippen LogP contribution in [0.4, 0.5) is 0 Å². The smallest absolute Gasteiger partial charge is 0.313 e. The lowest BCUT2D eigenvalue weighted by Gasteiger charge is -2.10. The largest absolute Gasteiger partial charge is 0.481 e. The van der Waals surface area contributed by atoms with Gasteiger partial charge in [0.15, 0.2) is 0 Å². The van der Waals surface area contributed by atoms with Gasteiger partial charge in [0.2, 0.25) is 0 Å². The van der Waals surface area contributed by atoms with Crippen molar-refractivity contribution in [2.24, 2.45) is 0 Å². The third-order valence-electron chi connectivity index (χ3n) is 3.01. The minimum atomic E-state index is -1.48. The molecule has 0 amide bonds. The second-order valence-corrected chi connectivity index (χ2v) is 4.58. The Labute approximate surface area is 123 Å². The van der Waals surface area contributed by atoms with Crippen LogP contribution in [0.5, 0.6) is 0 Å². The average molecular weight is 314 g/mol. The third-order valence-corrected chi connectivity index (χ3v) is 3.01. The number of carboxylic acids is 4. The molecule has 0 fully saturated rings. The standard InChI is InChI=1S/C12H14N2O8/c13-14-4-5(6(11(19)20)2-9(15)16)1-8(14)7(12(21)22)3-10(17)18/h1,4,6-7H,2-3,13H2,(H,15,16)(H,17,18)(H,19,20)(H,21,22). The Hall–Kier alpha value is -3.04. The zero-order valence-corrected chi connectivity index (χ0v) is 11.2. The summed E-state index contributed by atoms with van der Waals surface area (Å²) in [5.41, 5.74) is -0.134. The zero-order valence-electron chi connectivity index (χ0n) is 11.2. The fourth-order valence-corrected chi connectivity index (χ4v) is 2.00. The van der Waals surface area contributed by atoms with Crippen LogP contribution in [0.2, 0.25) is 0 Å². The fourth-order valence-electron chi connectivity index (χ4n) is 2.00. The van der Waals surface area contributed by atoms with Crippen LogP contribution in [-0.2, 0) is 19.2 Å². The summed E-state index contributed by atoms with van der Waals surface area (Å²) in [5, 5.41) is 35.5. The van der Waals surface area contributed by atoms with Gasteiger partial charge in [0.1, 0.15) is 5.92 Å². The van der Waals surface area contributed by atoms with Crippen molar-refractivity contribution in [3.63, 3.8) is 0 Å². The number of aromatic nitrogens is 1. The Balaban J connectivity index is 3.22. The van der Waals surface area contributed by atoms with E-state index in [4.69, 9.17) is 26.3 Å². The number of aliphatic carboxylic acids is 4. The van der Waals surface area contributed by atoms with E-state index in [2.05, 4.69) is 0 Å². The van der Waals surface area contributed by atoms with Crippen LogP contribution in [-0.4, -0.2) is 49.0 Å². The maximum absolute atomic E-state index is 11.1. The van der Waals surface area contributed by atoms with Gasteiger partial charge in [0, 0.05) is 6.20 Å². The highest BCUT2D eigenvalue weighted by atomic mass is 16.4. The number of nitrogen functional groups attached to an aromatic ring is 1. The van der Waals surface area contributed by atoms with Gasteiger partial charge in [-0.05, 0) is 11.6 Å². The monoisotopic (exact) mass is 314 g/mol. The van der Waals surface area contributed by atoms with Gasteiger partial charge in [-0.2, -0.15) is 0 Å². The van der Waals surface area contributed by atoms with E-state index in [0.717, 1.165) is 16.9 Å². The molecule has 6 N–H and O–H groups in total. The maximum Gasteiger partial charge on any atom is 0.313 e. The van der Waals surface area contributed by atoms with Crippen molar-refractivity contribution in [1.29, 1.82) is 0 Å². The van der Waals surface area contributed by atoms with Crippen LogP contribution in [0, 0.1) is 0 Å². The summed E-state index contributed by atoms with van der Waals surface area (Å²) >= 11 is 0. The summed E-state index contributed by atoms with van der Waals surface area (Å²) in [7, 11) is 0. The number of nitrogens with two attached hydrogens (primary N) is 1. The number of nitrogens with zero attached hydrogens (tertiary/aromatic N) is 1. The highest BCUT2D eigenvalue weighted by molar-refractivity contribution is 5.84. The number of carboxylic acid groups (broad SMARTS) is 4. The van der Waals surface area contributed by atoms with E-state index in [1.807, 2.05) is 0 Å². The summed E-state index contributed by atoms with van der Waals surface area (Å²) < 4.78 is 0.800. The highest BCUT2D eigenvalue weighted by Gasteiger charge is 2.30. The van der Waals surface area contributed by atoms with Gasteiger partial charge >= 0.3 is 23.9 Å². The topological polar surface area (TPSA) is 180 Å². The summed E-state index contributed by atoms with van der Waals surface area (Å²) in [6.07, 6.45) is -0.378. The number of carbonyl (C=O) groups is 4. The molecule has 10 nitrogen and oxygen atoms in total. The Bertz CT molecular complexity index is 621. The lowest BCUT2D eigenvalue weighted by atomic mass is 9.96. The number of hydrogen-bond acceptors (Lipinski definition) is 5. The lowest BCUT2D eigenvalue weighted by Crippen LogP contribution is -2.22. The molecule has 0 aliphatic heterocycles. The minimum absolute atomic E-state index is 0.0101. The van der Waals surface area contributed by atoms with Crippen LogP contribution >= 0.6 is 0 Å². The predicted octanol–water partition coefficient (Wildman–Crippen LogP) is -0.512. The van der Waals surface area contributed by atoms with Gasteiger partial charge in [-0.15, -0.1) is 0 Å². The molecule has 0 aliphatic rings. The van der Waals surface area contributed by atoms with E-state index < -0.39 is 48.6 Å². The highest BCUT2D eigenvalue weighted by Crippen LogP contribution is 2.27. The first kappa shape index (κ1) is 17.0. The third kappa shape index (κ3) is 3.98. The lowest BCUT2D eigenvalue weighted by molar-refractivity contribution is -0.145. The fraction of sp³-hybridized carbons (Fsp3) is 0.333. The first-order valence-electron chi connectivity index (χ1n) is 6.00. The summed E-state index contributed by atoms with van der Waals surface area (Å²) in [4.78, 5) is 43.7. The van der Waals surface area contributed by atoms with E-state index in [9.17, 15) is 19.2 Å². The SMILES string of the molecule is Nn1cc(C(CC(=O)O)C(=O)O)cc1C(CC(=O)O)C(=O)O. The zero-order chi connectivity index (χ0) is 17.0. The van der Waals surface area contributed by atoms with E-state index in [1.54, 1.807) is 0 Å². The van der Waals surface area contributed by atoms with Crippen LogP contribution in [0.15, 0.2) is 12.3 Å². The summed E-state index contributed by atoms with van der Waals surface area (Å²) in [5.74, 6) is -2.91. The number of rotatable bonds is 8. The van der Waals surface area contributed by atoms with E-state index in [-0.39, 0.29) is 11.3 Å². The second-order valence-electron chi connectivity index (χ2n) is 4.58.